The third kappa shape index (κ3) is 3.55. The fraction of sp³-hybridized carbons (Fsp3) is 0.364. The lowest BCUT2D eigenvalue weighted by atomic mass is 10.1. The number of nitrogens with zero attached hydrogens (tertiary/aromatic N) is 9. The highest BCUT2D eigenvalue weighted by molar-refractivity contribution is 6.01. The van der Waals surface area contributed by atoms with Crippen LogP contribution in [0, 0.1) is 0 Å². The third-order valence-electron chi connectivity index (χ3n) is 6.04. The van der Waals surface area contributed by atoms with E-state index >= 15 is 0 Å². The van der Waals surface area contributed by atoms with E-state index in [0.717, 1.165) is 27.2 Å². The zero-order valence-corrected chi connectivity index (χ0v) is 19.0. The molecule has 0 spiro atoms. The first-order valence-electron chi connectivity index (χ1n) is 10.6. The molecule has 2 aliphatic heterocycles. The average Bonchev–Trinajstić information content (AvgIpc) is 3.39. The van der Waals surface area contributed by atoms with Gasteiger partial charge in [-0.15, -0.1) is 0 Å². The van der Waals surface area contributed by atoms with Crippen molar-refractivity contribution in [2.75, 3.05) is 26.0 Å². The molecule has 1 aromatic carbocycles. The highest BCUT2D eigenvalue weighted by Gasteiger charge is 2.49. The fourth-order valence-corrected chi connectivity index (χ4v) is 4.37. The summed E-state index contributed by atoms with van der Waals surface area (Å²) in [6.07, 6.45) is 4.79. The van der Waals surface area contributed by atoms with Crippen LogP contribution in [0.4, 0.5) is 10.6 Å². The molecule has 2 unspecified atom stereocenters. The molecular formula is C22H25N9O2. The number of hydrogen-bond acceptors (Lipinski definition) is 8. The first kappa shape index (κ1) is 20.9. The van der Waals surface area contributed by atoms with Crippen LogP contribution >= 0.6 is 0 Å². The van der Waals surface area contributed by atoms with Gasteiger partial charge in [-0.3, -0.25) is 19.3 Å². The van der Waals surface area contributed by atoms with Crippen LogP contribution < -0.4 is 4.90 Å². The van der Waals surface area contributed by atoms with E-state index in [4.69, 9.17) is 9.97 Å². The smallest absolute Gasteiger partial charge is 0.328 e. The molecule has 11 heteroatoms. The van der Waals surface area contributed by atoms with Gasteiger partial charge in [-0.2, -0.15) is 5.10 Å². The topological polar surface area (TPSA) is 103 Å². The molecule has 0 radical (unpaired) electrons. The van der Waals surface area contributed by atoms with Crippen LogP contribution in [0.1, 0.15) is 11.4 Å². The second-order valence-corrected chi connectivity index (χ2v) is 8.46. The normalized spacial score (nSPS) is 20.2. The number of aryl methyl sites for hydroxylation is 1. The first-order valence-corrected chi connectivity index (χ1v) is 10.6. The fourth-order valence-electron chi connectivity index (χ4n) is 4.37. The molecule has 0 aliphatic carbocycles. The van der Waals surface area contributed by atoms with Crippen molar-refractivity contribution in [2.24, 2.45) is 12.0 Å². The predicted molar refractivity (Wildman–Crippen MR) is 122 cm³/mol. The summed E-state index contributed by atoms with van der Waals surface area (Å²) in [6.45, 7) is 0.759. The van der Waals surface area contributed by atoms with Crippen molar-refractivity contribution in [1.29, 1.82) is 0 Å². The molecular weight excluding hydrogens is 422 g/mol. The molecule has 33 heavy (non-hydrogen) atoms. The van der Waals surface area contributed by atoms with Gasteiger partial charge in [0.05, 0.1) is 24.6 Å². The number of carbonyl (C=O) groups is 2. The van der Waals surface area contributed by atoms with Gasteiger partial charge in [-0.05, 0) is 12.1 Å². The first-order chi connectivity index (χ1) is 15.8. The van der Waals surface area contributed by atoms with Crippen molar-refractivity contribution in [1.82, 2.24) is 34.4 Å². The van der Waals surface area contributed by atoms with Crippen molar-refractivity contribution in [3.8, 4) is 0 Å². The van der Waals surface area contributed by atoms with Crippen molar-refractivity contribution < 1.29 is 9.59 Å². The number of hydrogen-bond donors (Lipinski definition) is 0. The van der Waals surface area contributed by atoms with E-state index in [1.807, 2.05) is 55.7 Å². The van der Waals surface area contributed by atoms with Crippen LogP contribution in [0.3, 0.4) is 0 Å². The molecule has 2 aromatic heterocycles. The molecule has 3 aromatic rings. The van der Waals surface area contributed by atoms with Gasteiger partial charge in [-0.25, -0.2) is 19.8 Å². The van der Waals surface area contributed by atoms with Crippen LogP contribution in [0.5, 0.6) is 0 Å². The molecule has 2 atom stereocenters. The molecule has 4 heterocycles. The molecule has 5 rings (SSSR count). The summed E-state index contributed by atoms with van der Waals surface area (Å²) >= 11 is 0. The Balaban J connectivity index is 1.50. The van der Waals surface area contributed by atoms with E-state index in [0.29, 0.717) is 12.4 Å². The second-order valence-electron chi connectivity index (χ2n) is 8.46. The summed E-state index contributed by atoms with van der Waals surface area (Å²) in [5.74, 6) is 0.982. The van der Waals surface area contributed by atoms with E-state index < -0.39 is 18.2 Å². The largest absolute Gasteiger partial charge is 0.355 e. The maximum atomic E-state index is 13.0. The van der Waals surface area contributed by atoms with Crippen LogP contribution in [-0.4, -0.2) is 86.1 Å². The molecule has 0 saturated carbocycles. The van der Waals surface area contributed by atoms with Crippen molar-refractivity contribution in [3.63, 3.8) is 0 Å². The number of amides is 3. The molecule has 0 N–H and O–H groups in total. The molecule has 2 aliphatic rings. The minimum Gasteiger partial charge on any atom is -0.355 e. The van der Waals surface area contributed by atoms with Gasteiger partial charge in [0.1, 0.15) is 5.82 Å². The number of carbonyl (C=O) groups excluding carboxylic acids is 2. The van der Waals surface area contributed by atoms with E-state index in [2.05, 4.69) is 10.1 Å². The minimum absolute atomic E-state index is 0.140. The molecule has 0 bridgehead atoms. The van der Waals surface area contributed by atoms with Crippen LogP contribution in [0.15, 0.2) is 41.7 Å². The number of benzene rings is 1. The summed E-state index contributed by atoms with van der Waals surface area (Å²) in [7, 11) is 7.13. The van der Waals surface area contributed by atoms with Crippen LogP contribution in [-0.2, 0) is 24.9 Å². The number of aromatic nitrogens is 4. The predicted octanol–water partition coefficient (Wildman–Crippen LogP) is 1.06. The standard InChI is InChI=1S/C22H25N9O2/c1-27(10-14-9-24-29(3)11-14)19-15-7-5-6-8-16(15)25-17(26-19)12-31-20-18(28(2)13-23-20)21(32)30(4)22(31)33/h5-9,11,13,18,20H,10,12H2,1-4H3. The Morgan fingerprint density at radius 3 is 2.64 bits per heavy atom. The van der Waals surface area contributed by atoms with E-state index in [-0.39, 0.29) is 12.5 Å². The lowest BCUT2D eigenvalue weighted by Crippen LogP contribution is -2.63. The number of fused-ring (bicyclic) bond motifs is 2. The second kappa shape index (κ2) is 7.84. The number of urea groups is 1. The van der Waals surface area contributed by atoms with Crippen molar-refractivity contribution in [2.45, 2.75) is 25.3 Å². The lowest BCUT2D eigenvalue weighted by Gasteiger charge is -2.40. The Labute approximate surface area is 190 Å². The number of imide groups is 1. The summed E-state index contributed by atoms with van der Waals surface area (Å²) in [5, 5.41) is 5.16. The lowest BCUT2D eigenvalue weighted by molar-refractivity contribution is -0.136. The van der Waals surface area contributed by atoms with Gasteiger partial charge < -0.3 is 9.80 Å². The summed E-state index contributed by atoms with van der Waals surface area (Å²) in [6, 6.07) is 6.85. The molecule has 1 fully saturated rings. The van der Waals surface area contributed by atoms with E-state index in [1.165, 1.54) is 7.05 Å². The summed E-state index contributed by atoms with van der Waals surface area (Å²) in [4.78, 5) is 46.1. The maximum absolute atomic E-state index is 13.0. The molecule has 3 amide bonds. The number of para-hydroxylation sites is 1. The Morgan fingerprint density at radius 1 is 1.09 bits per heavy atom. The van der Waals surface area contributed by atoms with Gasteiger partial charge in [-0.1, -0.05) is 12.1 Å². The quantitative estimate of drug-likeness (QED) is 0.576. The minimum atomic E-state index is -0.599. The van der Waals surface area contributed by atoms with Gasteiger partial charge in [0.15, 0.2) is 18.0 Å². The average molecular weight is 448 g/mol. The highest BCUT2D eigenvalue weighted by atomic mass is 16.2. The molecule has 1 saturated heterocycles. The van der Waals surface area contributed by atoms with E-state index in [1.54, 1.807) is 27.9 Å². The van der Waals surface area contributed by atoms with Gasteiger partial charge in [0, 0.05) is 51.9 Å². The Morgan fingerprint density at radius 2 is 1.88 bits per heavy atom. The Bertz CT molecular complexity index is 1270. The van der Waals surface area contributed by atoms with Crippen LogP contribution in [0.25, 0.3) is 10.9 Å². The maximum Gasteiger partial charge on any atom is 0.328 e. The SMILES string of the molecule is CN1C(=O)C2C(N=CN2C)N(Cc2nc(N(C)Cc3cnn(C)c3)c3ccccc3n2)C1=O. The zero-order chi connectivity index (χ0) is 23.3. The summed E-state index contributed by atoms with van der Waals surface area (Å²) < 4.78 is 1.77. The van der Waals surface area contributed by atoms with Crippen LogP contribution in [0.2, 0.25) is 0 Å². The third-order valence-corrected chi connectivity index (χ3v) is 6.04. The van der Waals surface area contributed by atoms with Crippen molar-refractivity contribution >= 4 is 35.0 Å². The Hall–Kier alpha value is -4.02. The van der Waals surface area contributed by atoms with Gasteiger partial charge in [0.2, 0.25) is 0 Å². The number of likely N-dealkylation sites (N-methyl/N-ethyl adjacent to an activating group) is 2. The molecule has 11 nitrogen and oxygen atoms in total. The number of rotatable bonds is 5. The van der Waals surface area contributed by atoms with Gasteiger partial charge >= 0.3 is 6.03 Å². The van der Waals surface area contributed by atoms with Crippen molar-refractivity contribution in [3.05, 3.63) is 48.0 Å². The number of aliphatic imine (C=N–C) groups is 1. The monoisotopic (exact) mass is 447 g/mol. The number of anilines is 1. The summed E-state index contributed by atoms with van der Waals surface area (Å²) in [5.41, 5.74) is 1.84. The molecule has 170 valence electrons. The highest BCUT2D eigenvalue weighted by Crippen LogP contribution is 2.28. The zero-order valence-electron chi connectivity index (χ0n) is 19.0. The van der Waals surface area contributed by atoms with Gasteiger partial charge in [0.25, 0.3) is 5.91 Å². The Kier molecular flexibility index (Phi) is 4.95. The van der Waals surface area contributed by atoms with E-state index in [9.17, 15) is 9.59 Å².